The van der Waals surface area contributed by atoms with E-state index in [1.54, 1.807) is 0 Å². The predicted octanol–water partition coefficient (Wildman–Crippen LogP) is 2.39. The fourth-order valence-corrected chi connectivity index (χ4v) is 3.84. The number of amides is 2. The second kappa shape index (κ2) is 7.82. The third kappa shape index (κ3) is 4.13. The van der Waals surface area contributed by atoms with E-state index in [1.165, 1.54) is 16.8 Å². The first-order chi connectivity index (χ1) is 13.2. The SMILES string of the molecule is O=C1CCC(C(=O)NCc2ccc(CN3CCc4ccccc43)cc2)CN1. The van der Waals surface area contributed by atoms with Crippen LogP contribution in [0.3, 0.4) is 0 Å². The summed E-state index contributed by atoms with van der Waals surface area (Å²) in [6, 6.07) is 17.1. The number of benzene rings is 2. The molecule has 0 aliphatic carbocycles. The third-order valence-corrected chi connectivity index (χ3v) is 5.48. The average molecular weight is 363 g/mol. The topological polar surface area (TPSA) is 61.4 Å². The zero-order chi connectivity index (χ0) is 18.6. The van der Waals surface area contributed by atoms with Gasteiger partial charge in [0.2, 0.25) is 11.8 Å². The summed E-state index contributed by atoms with van der Waals surface area (Å²) in [5.41, 5.74) is 5.13. The smallest absolute Gasteiger partial charge is 0.225 e. The summed E-state index contributed by atoms with van der Waals surface area (Å²) in [6.45, 7) is 2.94. The van der Waals surface area contributed by atoms with Crippen molar-refractivity contribution in [3.05, 3.63) is 65.2 Å². The molecule has 4 rings (SSSR count). The highest BCUT2D eigenvalue weighted by atomic mass is 16.2. The molecule has 2 heterocycles. The van der Waals surface area contributed by atoms with Crippen molar-refractivity contribution in [2.75, 3.05) is 18.0 Å². The Hall–Kier alpha value is -2.82. The summed E-state index contributed by atoms with van der Waals surface area (Å²) < 4.78 is 0. The Bertz CT molecular complexity index is 822. The van der Waals surface area contributed by atoms with Gasteiger partial charge in [-0.05, 0) is 35.6 Å². The van der Waals surface area contributed by atoms with Gasteiger partial charge in [-0.1, -0.05) is 42.5 Å². The number of hydrogen-bond acceptors (Lipinski definition) is 3. The molecular formula is C22H25N3O2. The number of carbonyl (C=O) groups is 2. The quantitative estimate of drug-likeness (QED) is 0.858. The number of nitrogens with one attached hydrogen (secondary N) is 2. The molecule has 27 heavy (non-hydrogen) atoms. The predicted molar refractivity (Wildman–Crippen MR) is 105 cm³/mol. The number of fused-ring (bicyclic) bond motifs is 1. The second-order valence-corrected chi connectivity index (χ2v) is 7.37. The summed E-state index contributed by atoms with van der Waals surface area (Å²) in [6.07, 6.45) is 2.18. The molecule has 0 saturated carbocycles. The van der Waals surface area contributed by atoms with E-state index in [9.17, 15) is 9.59 Å². The summed E-state index contributed by atoms with van der Waals surface area (Å²) in [5.74, 6) is -0.0553. The minimum Gasteiger partial charge on any atom is -0.367 e. The molecule has 5 heteroatoms. The Morgan fingerprint density at radius 3 is 2.63 bits per heavy atom. The van der Waals surface area contributed by atoms with Crippen molar-refractivity contribution in [2.24, 2.45) is 5.92 Å². The fourth-order valence-electron chi connectivity index (χ4n) is 3.84. The van der Waals surface area contributed by atoms with Crippen molar-refractivity contribution >= 4 is 17.5 Å². The van der Waals surface area contributed by atoms with Crippen molar-refractivity contribution in [1.82, 2.24) is 10.6 Å². The zero-order valence-electron chi connectivity index (χ0n) is 15.4. The van der Waals surface area contributed by atoms with Crippen molar-refractivity contribution in [2.45, 2.75) is 32.4 Å². The lowest BCUT2D eigenvalue weighted by atomic mass is 9.98. The average Bonchev–Trinajstić information content (AvgIpc) is 3.11. The van der Waals surface area contributed by atoms with E-state index in [0.717, 1.165) is 25.1 Å². The van der Waals surface area contributed by atoms with Gasteiger partial charge in [0.1, 0.15) is 0 Å². The largest absolute Gasteiger partial charge is 0.367 e. The van der Waals surface area contributed by atoms with Crippen LogP contribution in [-0.2, 0) is 29.1 Å². The molecule has 0 radical (unpaired) electrons. The van der Waals surface area contributed by atoms with Gasteiger partial charge >= 0.3 is 0 Å². The summed E-state index contributed by atoms with van der Waals surface area (Å²) in [4.78, 5) is 25.8. The molecule has 0 aromatic heterocycles. The molecule has 1 fully saturated rings. The van der Waals surface area contributed by atoms with E-state index >= 15 is 0 Å². The van der Waals surface area contributed by atoms with E-state index in [-0.39, 0.29) is 17.7 Å². The van der Waals surface area contributed by atoms with E-state index in [2.05, 4.69) is 64.1 Å². The minimum atomic E-state index is -0.114. The first-order valence-electron chi connectivity index (χ1n) is 9.64. The molecule has 140 valence electrons. The Morgan fingerprint density at radius 2 is 1.85 bits per heavy atom. The molecule has 2 aliphatic heterocycles. The van der Waals surface area contributed by atoms with Crippen molar-refractivity contribution in [1.29, 1.82) is 0 Å². The molecule has 1 unspecified atom stereocenters. The molecule has 0 bridgehead atoms. The Balaban J connectivity index is 1.29. The van der Waals surface area contributed by atoms with E-state index in [1.807, 2.05) is 0 Å². The number of hydrogen-bond donors (Lipinski definition) is 2. The van der Waals surface area contributed by atoms with Crippen LogP contribution < -0.4 is 15.5 Å². The highest BCUT2D eigenvalue weighted by molar-refractivity contribution is 5.83. The van der Waals surface area contributed by atoms with Gasteiger partial charge in [-0.2, -0.15) is 0 Å². The van der Waals surface area contributed by atoms with Crippen LogP contribution in [0.25, 0.3) is 0 Å². The molecule has 2 aromatic carbocycles. The zero-order valence-corrected chi connectivity index (χ0v) is 15.4. The van der Waals surface area contributed by atoms with Crippen LogP contribution in [0.1, 0.15) is 29.5 Å². The number of rotatable bonds is 5. The number of para-hydroxylation sites is 1. The summed E-state index contributed by atoms with van der Waals surface area (Å²) >= 11 is 0. The normalized spacial score (nSPS) is 18.7. The lowest BCUT2D eigenvalue weighted by Crippen LogP contribution is -2.42. The molecule has 1 saturated heterocycles. The van der Waals surface area contributed by atoms with Crippen molar-refractivity contribution < 1.29 is 9.59 Å². The molecule has 0 spiro atoms. The van der Waals surface area contributed by atoms with Crippen LogP contribution in [0, 0.1) is 5.92 Å². The van der Waals surface area contributed by atoms with Crippen molar-refractivity contribution in [3.8, 4) is 0 Å². The summed E-state index contributed by atoms with van der Waals surface area (Å²) in [7, 11) is 0. The lowest BCUT2D eigenvalue weighted by Gasteiger charge is -2.21. The van der Waals surface area contributed by atoms with Gasteiger partial charge in [0, 0.05) is 38.3 Å². The van der Waals surface area contributed by atoms with E-state index in [4.69, 9.17) is 0 Å². The molecular weight excluding hydrogens is 338 g/mol. The van der Waals surface area contributed by atoms with Crippen molar-refractivity contribution in [3.63, 3.8) is 0 Å². The molecule has 2 N–H and O–H groups in total. The van der Waals surface area contributed by atoms with Gasteiger partial charge in [0.05, 0.1) is 5.92 Å². The van der Waals surface area contributed by atoms with Gasteiger partial charge < -0.3 is 15.5 Å². The Labute approximate surface area is 159 Å². The first kappa shape index (κ1) is 17.6. The first-order valence-corrected chi connectivity index (χ1v) is 9.64. The number of piperidine rings is 1. The molecule has 1 atom stereocenters. The van der Waals surface area contributed by atoms with Crippen LogP contribution >= 0.6 is 0 Å². The Morgan fingerprint density at radius 1 is 1.07 bits per heavy atom. The molecule has 5 nitrogen and oxygen atoms in total. The van der Waals surface area contributed by atoms with Gasteiger partial charge in [0.15, 0.2) is 0 Å². The number of carbonyl (C=O) groups excluding carboxylic acids is 2. The van der Waals surface area contributed by atoms with E-state index in [0.29, 0.717) is 25.9 Å². The monoisotopic (exact) mass is 363 g/mol. The van der Waals surface area contributed by atoms with Crippen LogP contribution in [0.4, 0.5) is 5.69 Å². The second-order valence-electron chi connectivity index (χ2n) is 7.37. The maximum Gasteiger partial charge on any atom is 0.225 e. The standard InChI is InChI=1S/C22H25N3O2/c26-21-10-9-19(14-23-21)22(27)24-13-16-5-7-17(8-6-16)15-25-12-11-18-3-1-2-4-20(18)25/h1-8,19H,9-15H2,(H,23,26)(H,24,27). The fraction of sp³-hybridized carbons (Fsp3) is 0.364. The van der Waals surface area contributed by atoms with Gasteiger partial charge in [-0.3, -0.25) is 9.59 Å². The van der Waals surface area contributed by atoms with Gasteiger partial charge in [-0.15, -0.1) is 0 Å². The third-order valence-electron chi connectivity index (χ3n) is 5.48. The highest BCUT2D eigenvalue weighted by Crippen LogP contribution is 2.28. The number of anilines is 1. The maximum atomic E-state index is 12.2. The molecule has 2 aromatic rings. The number of nitrogens with zero attached hydrogens (tertiary/aromatic N) is 1. The lowest BCUT2D eigenvalue weighted by molar-refractivity contribution is -0.129. The minimum absolute atomic E-state index is 0.0211. The van der Waals surface area contributed by atoms with Crippen LogP contribution in [0.15, 0.2) is 48.5 Å². The van der Waals surface area contributed by atoms with Gasteiger partial charge in [-0.25, -0.2) is 0 Å². The van der Waals surface area contributed by atoms with Crippen LogP contribution in [0.5, 0.6) is 0 Å². The maximum absolute atomic E-state index is 12.2. The van der Waals surface area contributed by atoms with Crippen LogP contribution in [-0.4, -0.2) is 24.9 Å². The highest BCUT2D eigenvalue weighted by Gasteiger charge is 2.24. The van der Waals surface area contributed by atoms with E-state index < -0.39 is 0 Å². The molecule has 2 amide bonds. The van der Waals surface area contributed by atoms with Gasteiger partial charge in [0.25, 0.3) is 0 Å². The summed E-state index contributed by atoms with van der Waals surface area (Å²) in [5, 5.41) is 5.74. The molecule has 2 aliphatic rings. The Kier molecular flexibility index (Phi) is 5.10. The van der Waals surface area contributed by atoms with Crippen LogP contribution in [0.2, 0.25) is 0 Å².